The van der Waals surface area contributed by atoms with Crippen LogP contribution in [-0.4, -0.2) is 17.5 Å². The summed E-state index contributed by atoms with van der Waals surface area (Å²) in [5.74, 6) is 1.47. The van der Waals surface area contributed by atoms with Crippen LogP contribution in [0.5, 0.6) is 11.5 Å². The Morgan fingerprint density at radius 2 is 1.74 bits per heavy atom. The average Bonchev–Trinajstić information content (AvgIpc) is 3.29. The summed E-state index contributed by atoms with van der Waals surface area (Å²) in [5.41, 5.74) is 3.03. The van der Waals surface area contributed by atoms with Gasteiger partial charge in [0.1, 0.15) is 11.5 Å². The molecule has 2 aromatic rings. The van der Waals surface area contributed by atoms with Crippen LogP contribution < -0.4 is 10.1 Å². The first-order valence-electron chi connectivity index (χ1n) is 11.0. The van der Waals surface area contributed by atoms with E-state index in [1.807, 2.05) is 12.1 Å². The molecule has 0 aliphatic heterocycles. The van der Waals surface area contributed by atoms with Crippen LogP contribution in [0.1, 0.15) is 57.6 Å². The number of ether oxygens (including phenoxy) is 1. The quantitative estimate of drug-likeness (QED) is 0.563. The van der Waals surface area contributed by atoms with Crippen molar-refractivity contribution in [1.29, 1.82) is 0 Å². The predicted octanol–water partition coefficient (Wildman–Crippen LogP) is 6.53. The van der Waals surface area contributed by atoms with Gasteiger partial charge in [0.05, 0.1) is 0 Å². The van der Waals surface area contributed by atoms with Crippen molar-refractivity contribution in [2.75, 3.05) is 0 Å². The van der Waals surface area contributed by atoms with Crippen LogP contribution in [-0.2, 0) is 12.0 Å². The molecule has 0 aromatic heterocycles. The standard InChI is InChI=1S/C25H30F3NO2/c1-24(2,3)19-12-18(14-29-22-11-15-4-5-17(22)10-15)23(30)21(13-19)16-6-8-20(9-7-16)31-25(26,27)28/h6-9,12-13,15,17,22,29-30H,4-5,10-11,14H2,1-3H3/t15?,17?,22-/m1/s1. The number of alkyl halides is 3. The summed E-state index contributed by atoms with van der Waals surface area (Å²) < 4.78 is 41.4. The average molecular weight is 434 g/mol. The lowest BCUT2D eigenvalue weighted by Crippen LogP contribution is -2.33. The number of benzene rings is 2. The molecule has 0 saturated heterocycles. The highest BCUT2D eigenvalue weighted by Gasteiger charge is 2.39. The van der Waals surface area contributed by atoms with Gasteiger partial charge >= 0.3 is 6.36 Å². The molecule has 2 bridgehead atoms. The first kappa shape index (κ1) is 22.0. The number of aromatic hydroxyl groups is 1. The molecule has 3 atom stereocenters. The number of phenols is 1. The van der Waals surface area contributed by atoms with Crippen LogP contribution in [0.2, 0.25) is 0 Å². The second-order valence-electron chi connectivity index (χ2n) is 10.0. The predicted molar refractivity (Wildman–Crippen MR) is 115 cm³/mol. The molecule has 2 saturated carbocycles. The molecule has 2 aromatic carbocycles. The first-order valence-corrected chi connectivity index (χ1v) is 11.0. The number of rotatable bonds is 5. The SMILES string of the molecule is CC(C)(C)c1cc(CN[C@@H]2CC3CCC2C3)c(O)c(-c2ccc(OC(F)(F)F)cc2)c1. The molecule has 6 heteroatoms. The van der Waals surface area contributed by atoms with Crippen LogP contribution >= 0.6 is 0 Å². The van der Waals surface area contributed by atoms with E-state index in [0.29, 0.717) is 23.7 Å². The topological polar surface area (TPSA) is 41.5 Å². The van der Waals surface area contributed by atoms with Crippen LogP contribution in [0, 0.1) is 11.8 Å². The van der Waals surface area contributed by atoms with Gasteiger partial charge in [-0.1, -0.05) is 45.4 Å². The maximum Gasteiger partial charge on any atom is 0.573 e. The zero-order chi connectivity index (χ0) is 22.4. The molecule has 2 unspecified atom stereocenters. The monoisotopic (exact) mass is 433 g/mol. The highest BCUT2D eigenvalue weighted by molar-refractivity contribution is 5.73. The van der Waals surface area contributed by atoms with E-state index in [1.165, 1.54) is 37.8 Å². The largest absolute Gasteiger partial charge is 0.573 e. The van der Waals surface area contributed by atoms with Crippen molar-refractivity contribution in [3.63, 3.8) is 0 Å². The number of nitrogens with one attached hydrogen (secondary N) is 1. The molecule has 0 amide bonds. The third-order valence-corrected chi connectivity index (χ3v) is 6.75. The smallest absolute Gasteiger partial charge is 0.507 e. The third kappa shape index (κ3) is 5.00. The highest BCUT2D eigenvalue weighted by Crippen LogP contribution is 2.45. The minimum atomic E-state index is -4.73. The minimum Gasteiger partial charge on any atom is -0.507 e. The van der Waals surface area contributed by atoms with Crippen molar-refractivity contribution in [2.24, 2.45) is 11.8 Å². The summed E-state index contributed by atoms with van der Waals surface area (Å²) in [5, 5.41) is 14.7. The Kier molecular flexibility index (Phi) is 5.71. The number of hydrogen-bond acceptors (Lipinski definition) is 3. The van der Waals surface area contributed by atoms with Gasteiger partial charge in [-0.25, -0.2) is 0 Å². The van der Waals surface area contributed by atoms with Gasteiger partial charge in [0.25, 0.3) is 0 Å². The van der Waals surface area contributed by atoms with Crippen LogP contribution in [0.15, 0.2) is 36.4 Å². The zero-order valence-corrected chi connectivity index (χ0v) is 18.2. The van der Waals surface area contributed by atoms with E-state index in [9.17, 15) is 18.3 Å². The van der Waals surface area contributed by atoms with Crippen LogP contribution in [0.4, 0.5) is 13.2 Å². The van der Waals surface area contributed by atoms with Gasteiger partial charge in [-0.05, 0) is 65.8 Å². The van der Waals surface area contributed by atoms with Crippen molar-refractivity contribution in [1.82, 2.24) is 5.32 Å². The van der Waals surface area contributed by atoms with Crippen LogP contribution in [0.3, 0.4) is 0 Å². The Morgan fingerprint density at radius 3 is 2.29 bits per heavy atom. The fourth-order valence-electron chi connectivity index (χ4n) is 5.05. The molecule has 2 N–H and O–H groups in total. The van der Waals surface area contributed by atoms with Crippen molar-refractivity contribution >= 4 is 0 Å². The summed E-state index contributed by atoms with van der Waals surface area (Å²) in [6, 6.07) is 10.1. The molecule has 3 nitrogen and oxygen atoms in total. The minimum absolute atomic E-state index is 0.136. The summed E-state index contributed by atoms with van der Waals surface area (Å²) in [6.45, 7) is 6.90. The second kappa shape index (κ2) is 8.05. The Hall–Kier alpha value is -2.21. The maximum absolute atomic E-state index is 12.5. The molecule has 2 aliphatic rings. The molecule has 0 radical (unpaired) electrons. The van der Waals surface area contributed by atoms with Gasteiger partial charge in [-0.3, -0.25) is 0 Å². The number of hydrogen-bond donors (Lipinski definition) is 2. The zero-order valence-electron chi connectivity index (χ0n) is 18.2. The van der Waals surface area contributed by atoms with Gasteiger partial charge in [-0.2, -0.15) is 0 Å². The van der Waals surface area contributed by atoms with Crippen LogP contribution in [0.25, 0.3) is 11.1 Å². The maximum atomic E-state index is 12.5. The van der Waals surface area contributed by atoms with Crippen molar-refractivity contribution in [2.45, 2.75) is 70.8 Å². The van der Waals surface area contributed by atoms with E-state index < -0.39 is 6.36 Å². The number of phenolic OH excluding ortho intramolecular Hbond substituents is 1. The molecular weight excluding hydrogens is 403 g/mol. The third-order valence-electron chi connectivity index (χ3n) is 6.75. The Morgan fingerprint density at radius 1 is 1.03 bits per heavy atom. The van der Waals surface area contributed by atoms with E-state index in [4.69, 9.17) is 0 Å². The Balaban J connectivity index is 1.61. The second-order valence-corrected chi connectivity index (χ2v) is 10.0. The molecular formula is C25H30F3NO2. The van der Waals surface area contributed by atoms with Crippen molar-refractivity contribution < 1.29 is 23.0 Å². The summed E-state index contributed by atoms with van der Waals surface area (Å²) in [6.07, 6.45) is 0.412. The normalized spacial score (nSPS) is 23.4. The molecule has 4 rings (SSSR count). The van der Waals surface area contributed by atoms with E-state index in [-0.39, 0.29) is 16.9 Å². The van der Waals surface area contributed by atoms with E-state index in [0.717, 1.165) is 23.0 Å². The van der Waals surface area contributed by atoms with Gasteiger partial charge in [0.2, 0.25) is 0 Å². The molecule has 0 heterocycles. The van der Waals surface area contributed by atoms with Gasteiger partial charge in [0, 0.05) is 23.7 Å². The fourth-order valence-corrected chi connectivity index (χ4v) is 5.05. The van der Waals surface area contributed by atoms with E-state index >= 15 is 0 Å². The Bertz CT molecular complexity index is 932. The summed E-state index contributed by atoms with van der Waals surface area (Å²) >= 11 is 0. The molecule has 2 aliphatic carbocycles. The number of halogens is 3. The molecule has 0 spiro atoms. The van der Waals surface area contributed by atoms with Gasteiger partial charge in [0.15, 0.2) is 0 Å². The van der Waals surface area contributed by atoms with Crippen molar-refractivity contribution in [3.8, 4) is 22.6 Å². The molecule has 2 fully saturated rings. The van der Waals surface area contributed by atoms with Gasteiger partial charge in [-0.15, -0.1) is 13.2 Å². The highest BCUT2D eigenvalue weighted by atomic mass is 19.4. The van der Waals surface area contributed by atoms with Crippen molar-refractivity contribution in [3.05, 3.63) is 47.5 Å². The Labute approximate surface area is 181 Å². The van der Waals surface area contributed by atoms with Gasteiger partial charge < -0.3 is 15.2 Å². The van der Waals surface area contributed by atoms with E-state index in [1.54, 1.807) is 12.1 Å². The lowest BCUT2D eigenvalue weighted by atomic mass is 9.83. The number of fused-ring (bicyclic) bond motifs is 2. The first-order chi connectivity index (χ1) is 14.5. The molecule has 31 heavy (non-hydrogen) atoms. The molecule has 168 valence electrons. The summed E-state index contributed by atoms with van der Waals surface area (Å²) in [4.78, 5) is 0. The fraction of sp³-hybridized carbons (Fsp3) is 0.520. The lowest BCUT2D eigenvalue weighted by molar-refractivity contribution is -0.274. The lowest BCUT2D eigenvalue weighted by Gasteiger charge is -2.25. The summed E-state index contributed by atoms with van der Waals surface area (Å²) in [7, 11) is 0. The van der Waals surface area contributed by atoms with E-state index in [2.05, 4.69) is 30.8 Å².